The molecule has 0 atom stereocenters. The van der Waals surface area contributed by atoms with Gasteiger partial charge in [-0.15, -0.1) is 0 Å². The number of halogens is 1. The summed E-state index contributed by atoms with van der Waals surface area (Å²) >= 11 is 5.98. The highest BCUT2D eigenvalue weighted by molar-refractivity contribution is 6.29. The van der Waals surface area contributed by atoms with Crippen LogP contribution in [0.2, 0.25) is 5.15 Å². The molecule has 1 fully saturated rings. The fourth-order valence-corrected chi connectivity index (χ4v) is 2.31. The first-order valence-electron chi connectivity index (χ1n) is 7.24. The number of rotatable bonds is 5. The van der Waals surface area contributed by atoms with Gasteiger partial charge in [-0.25, -0.2) is 9.99 Å². The second-order valence-corrected chi connectivity index (χ2v) is 5.61. The van der Waals surface area contributed by atoms with Crippen molar-refractivity contribution in [3.05, 3.63) is 22.8 Å². The number of hydrogen-bond acceptors (Lipinski definition) is 5. The normalized spacial score (nSPS) is 16.7. The van der Waals surface area contributed by atoms with Crippen LogP contribution in [0.1, 0.15) is 23.7 Å². The maximum atomic E-state index is 12.3. The Morgan fingerprint density at radius 1 is 1.33 bits per heavy atom. The fourth-order valence-electron chi connectivity index (χ4n) is 2.10. The van der Waals surface area contributed by atoms with Crippen molar-refractivity contribution in [1.82, 2.24) is 20.3 Å². The van der Waals surface area contributed by atoms with Crippen LogP contribution in [0.25, 0.3) is 0 Å². The number of hydrogen-bond donors (Lipinski definition) is 2. The van der Waals surface area contributed by atoms with Crippen LogP contribution in [0.4, 0.5) is 5.82 Å². The van der Waals surface area contributed by atoms with Crippen LogP contribution in [0.3, 0.4) is 0 Å². The number of anilines is 1. The Morgan fingerprint density at radius 2 is 2.05 bits per heavy atom. The van der Waals surface area contributed by atoms with Gasteiger partial charge in [0.25, 0.3) is 5.91 Å². The predicted octanol–water partition coefficient (Wildman–Crippen LogP) is 1.45. The molecule has 2 heterocycles. The Morgan fingerprint density at radius 3 is 2.71 bits per heavy atom. The zero-order valence-corrected chi connectivity index (χ0v) is 13.3. The number of carbonyl (C=O) groups is 1. The van der Waals surface area contributed by atoms with Gasteiger partial charge in [-0.05, 0) is 25.6 Å². The lowest BCUT2D eigenvalue weighted by Gasteiger charge is -2.32. The van der Waals surface area contributed by atoms with Gasteiger partial charge in [0.15, 0.2) is 0 Å². The minimum Gasteiger partial charge on any atom is -0.370 e. The molecule has 6 nitrogen and oxygen atoms in total. The van der Waals surface area contributed by atoms with Crippen LogP contribution >= 0.6 is 11.6 Å². The fraction of sp³-hybridized carbons (Fsp3) is 0.571. The number of pyridine rings is 1. The lowest BCUT2D eigenvalue weighted by molar-refractivity contribution is 0.0662. The summed E-state index contributed by atoms with van der Waals surface area (Å²) in [6.45, 7) is 6.40. The number of amides is 1. The van der Waals surface area contributed by atoms with Crippen LogP contribution in [-0.4, -0.2) is 60.6 Å². The lowest BCUT2D eigenvalue weighted by atomic mass is 10.2. The third-order valence-corrected chi connectivity index (χ3v) is 3.57. The van der Waals surface area contributed by atoms with Gasteiger partial charge in [0, 0.05) is 38.3 Å². The number of carbonyl (C=O) groups excluding carboxylic acids is 1. The van der Waals surface area contributed by atoms with Crippen molar-refractivity contribution in [1.29, 1.82) is 0 Å². The number of piperazine rings is 1. The lowest BCUT2D eigenvalue weighted by Crippen LogP contribution is -2.52. The van der Waals surface area contributed by atoms with Gasteiger partial charge in [0.2, 0.25) is 0 Å². The second-order valence-electron chi connectivity index (χ2n) is 5.22. The van der Waals surface area contributed by atoms with Crippen molar-refractivity contribution < 1.29 is 4.79 Å². The minimum atomic E-state index is -0.150. The Hall–Kier alpha value is -1.37. The molecule has 1 amide bonds. The summed E-state index contributed by atoms with van der Waals surface area (Å²) in [7, 11) is 2.08. The molecule has 1 aromatic rings. The summed E-state index contributed by atoms with van der Waals surface area (Å²) in [6, 6.07) is 3.32. The molecule has 21 heavy (non-hydrogen) atoms. The first-order valence-corrected chi connectivity index (χ1v) is 7.62. The van der Waals surface area contributed by atoms with E-state index in [0.717, 1.165) is 39.1 Å². The van der Waals surface area contributed by atoms with E-state index in [0.29, 0.717) is 16.5 Å². The monoisotopic (exact) mass is 311 g/mol. The van der Waals surface area contributed by atoms with E-state index < -0.39 is 0 Å². The molecular formula is C14H22ClN5O. The van der Waals surface area contributed by atoms with Gasteiger partial charge >= 0.3 is 0 Å². The molecule has 116 valence electrons. The zero-order valence-electron chi connectivity index (χ0n) is 12.5. The summed E-state index contributed by atoms with van der Waals surface area (Å²) in [5.41, 5.74) is 3.44. The highest BCUT2D eigenvalue weighted by Gasteiger charge is 2.17. The van der Waals surface area contributed by atoms with E-state index in [1.165, 1.54) is 0 Å². The zero-order chi connectivity index (χ0) is 15.2. The molecule has 0 saturated carbocycles. The molecule has 0 radical (unpaired) electrons. The minimum absolute atomic E-state index is 0.150. The Bertz CT molecular complexity index is 488. The molecule has 1 aliphatic rings. The third-order valence-electron chi connectivity index (χ3n) is 3.38. The van der Waals surface area contributed by atoms with Gasteiger partial charge < -0.3 is 10.2 Å². The summed E-state index contributed by atoms with van der Waals surface area (Å²) in [5, 5.41) is 5.40. The molecule has 0 bridgehead atoms. The van der Waals surface area contributed by atoms with Gasteiger partial charge in [-0.1, -0.05) is 18.5 Å². The van der Waals surface area contributed by atoms with E-state index >= 15 is 0 Å². The molecule has 0 aromatic carbocycles. The standard InChI is InChI=1S/C14H22ClN5O/c1-3-4-16-13-10-11(9-12(15)17-13)14(21)18-20-7-5-19(2)6-8-20/h9-10H,3-8H2,1-2H3,(H,16,17)(H,18,21). The van der Waals surface area contributed by atoms with Crippen LogP contribution in [0.15, 0.2) is 12.1 Å². The van der Waals surface area contributed by atoms with Crippen molar-refractivity contribution in [3.8, 4) is 0 Å². The third kappa shape index (κ3) is 4.84. The van der Waals surface area contributed by atoms with E-state index in [2.05, 4.69) is 34.6 Å². The molecule has 1 aliphatic heterocycles. The summed E-state index contributed by atoms with van der Waals surface area (Å²) < 4.78 is 0. The van der Waals surface area contributed by atoms with Gasteiger partial charge in [0.05, 0.1) is 0 Å². The van der Waals surface area contributed by atoms with Gasteiger partial charge in [0.1, 0.15) is 11.0 Å². The topological polar surface area (TPSA) is 60.5 Å². The highest BCUT2D eigenvalue weighted by Crippen LogP contribution is 2.15. The van der Waals surface area contributed by atoms with E-state index in [1.54, 1.807) is 12.1 Å². The Kier molecular flexibility index (Phi) is 5.78. The van der Waals surface area contributed by atoms with E-state index in [1.807, 2.05) is 5.01 Å². The van der Waals surface area contributed by atoms with Crippen molar-refractivity contribution in [2.75, 3.05) is 45.1 Å². The average molecular weight is 312 g/mol. The number of nitrogens with one attached hydrogen (secondary N) is 2. The molecule has 0 aliphatic carbocycles. The molecule has 2 N–H and O–H groups in total. The first-order chi connectivity index (χ1) is 10.1. The molecule has 0 unspecified atom stereocenters. The number of likely N-dealkylation sites (N-methyl/N-ethyl adjacent to an activating group) is 1. The van der Waals surface area contributed by atoms with Crippen LogP contribution in [0.5, 0.6) is 0 Å². The Balaban J connectivity index is 1.99. The summed E-state index contributed by atoms with van der Waals surface area (Å²) in [5.74, 6) is 0.483. The number of hydrazine groups is 1. The second kappa shape index (κ2) is 7.59. The molecule has 7 heteroatoms. The Labute approximate surface area is 130 Å². The van der Waals surface area contributed by atoms with Gasteiger partial charge in [-0.2, -0.15) is 0 Å². The van der Waals surface area contributed by atoms with Crippen molar-refractivity contribution in [2.45, 2.75) is 13.3 Å². The van der Waals surface area contributed by atoms with E-state index in [-0.39, 0.29) is 5.91 Å². The molecule has 2 rings (SSSR count). The molecular weight excluding hydrogens is 290 g/mol. The van der Waals surface area contributed by atoms with Crippen LogP contribution in [0, 0.1) is 0 Å². The van der Waals surface area contributed by atoms with E-state index in [9.17, 15) is 4.79 Å². The van der Waals surface area contributed by atoms with Gasteiger partial charge in [-0.3, -0.25) is 10.2 Å². The van der Waals surface area contributed by atoms with Crippen molar-refractivity contribution in [3.63, 3.8) is 0 Å². The maximum Gasteiger partial charge on any atom is 0.265 e. The number of aromatic nitrogens is 1. The van der Waals surface area contributed by atoms with E-state index in [4.69, 9.17) is 11.6 Å². The molecule has 0 spiro atoms. The first kappa shape index (κ1) is 16.0. The molecule has 1 saturated heterocycles. The predicted molar refractivity (Wildman–Crippen MR) is 84.6 cm³/mol. The summed E-state index contributed by atoms with van der Waals surface area (Å²) in [6.07, 6.45) is 0.983. The SMILES string of the molecule is CCCNc1cc(C(=O)NN2CCN(C)CC2)cc(Cl)n1. The largest absolute Gasteiger partial charge is 0.370 e. The van der Waals surface area contributed by atoms with Crippen molar-refractivity contribution in [2.24, 2.45) is 0 Å². The average Bonchev–Trinajstić information content (AvgIpc) is 2.47. The maximum absolute atomic E-state index is 12.3. The van der Waals surface area contributed by atoms with Crippen LogP contribution < -0.4 is 10.7 Å². The van der Waals surface area contributed by atoms with Crippen LogP contribution in [-0.2, 0) is 0 Å². The van der Waals surface area contributed by atoms with Crippen molar-refractivity contribution >= 4 is 23.3 Å². The molecule has 1 aromatic heterocycles. The quantitative estimate of drug-likeness (QED) is 0.806. The smallest absolute Gasteiger partial charge is 0.265 e. The highest BCUT2D eigenvalue weighted by atomic mass is 35.5. The number of nitrogens with zero attached hydrogens (tertiary/aromatic N) is 3. The summed E-state index contributed by atoms with van der Waals surface area (Å²) in [4.78, 5) is 18.7.